The molecule has 0 aliphatic carbocycles. The first-order chi connectivity index (χ1) is 9.17. The molecule has 3 heteroatoms. The number of halogens is 1. The molecule has 2 nitrogen and oxygen atoms in total. The fourth-order valence-electron chi connectivity index (χ4n) is 3.08. The molecule has 2 rings (SSSR count). The van der Waals surface area contributed by atoms with Crippen LogP contribution >= 0.6 is 0 Å². The van der Waals surface area contributed by atoms with Crippen molar-refractivity contribution < 1.29 is 4.39 Å². The summed E-state index contributed by atoms with van der Waals surface area (Å²) in [6.07, 6.45) is 3.27. The summed E-state index contributed by atoms with van der Waals surface area (Å²) in [6.45, 7) is 6.38. The number of benzene rings is 1. The lowest BCUT2D eigenvalue weighted by Gasteiger charge is -2.33. The Labute approximate surface area is 115 Å². The molecule has 0 bridgehead atoms. The van der Waals surface area contributed by atoms with Crippen LogP contribution in [0.15, 0.2) is 24.3 Å². The van der Waals surface area contributed by atoms with Gasteiger partial charge in [-0.05, 0) is 31.4 Å². The number of nitrogens with two attached hydrogens (primary N) is 1. The van der Waals surface area contributed by atoms with Gasteiger partial charge in [-0.2, -0.15) is 0 Å². The van der Waals surface area contributed by atoms with Crippen molar-refractivity contribution in [1.82, 2.24) is 4.90 Å². The summed E-state index contributed by atoms with van der Waals surface area (Å²) >= 11 is 0. The summed E-state index contributed by atoms with van der Waals surface area (Å²) in [4.78, 5) is 2.38. The van der Waals surface area contributed by atoms with Gasteiger partial charge in [-0.3, -0.25) is 4.90 Å². The van der Waals surface area contributed by atoms with Crippen LogP contribution in [0.4, 0.5) is 4.39 Å². The topological polar surface area (TPSA) is 29.3 Å². The predicted molar refractivity (Wildman–Crippen MR) is 77.4 cm³/mol. The molecule has 0 aromatic heterocycles. The lowest BCUT2D eigenvalue weighted by Crippen LogP contribution is -2.40. The van der Waals surface area contributed by atoms with E-state index in [0.717, 1.165) is 31.0 Å². The first kappa shape index (κ1) is 14.5. The fourth-order valence-corrected chi connectivity index (χ4v) is 3.08. The highest BCUT2D eigenvalue weighted by atomic mass is 19.1. The minimum absolute atomic E-state index is 0.00694. The number of hydrogen-bond acceptors (Lipinski definition) is 2. The third kappa shape index (κ3) is 3.15. The molecule has 19 heavy (non-hydrogen) atoms. The van der Waals surface area contributed by atoms with Gasteiger partial charge in [-0.15, -0.1) is 0 Å². The van der Waals surface area contributed by atoms with E-state index in [0.29, 0.717) is 0 Å². The zero-order valence-corrected chi connectivity index (χ0v) is 12.0. The second-order valence-electron chi connectivity index (χ2n) is 5.60. The number of likely N-dealkylation sites (tertiary alicyclic amines) is 1. The van der Waals surface area contributed by atoms with Gasteiger partial charge in [0, 0.05) is 18.2 Å². The van der Waals surface area contributed by atoms with Crippen molar-refractivity contribution in [3.8, 4) is 0 Å². The van der Waals surface area contributed by atoms with E-state index >= 15 is 0 Å². The molecule has 2 N–H and O–H groups in total. The predicted octanol–water partition coefficient (Wildman–Crippen LogP) is 3.34. The summed E-state index contributed by atoms with van der Waals surface area (Å²) in [7, 11) is 0. The normalized spacial score (nSPS) is 23.5. The van der Waals surface area contributed by atoms with Crippen LogP contribution in [-0.2, 0) is 0 Å². The molecule has 0 amide bonds. The number of rotatable bonds is 5. The molecule has 106 valence electrons. The molecule has 1 fully saturated rings. The van der Waals surface area contributed by atoms with Crippen LogP contribution in [0.1, 0.15) is 44.7 Å². The first-order valence-corrected chi connectivity index (χ1v) is 7.41. The molecular formula is C16H25FN2. The molecule has 1 aliphatic rings. The maximum absolute atomic E-state index is 14.1. The first-order valence-electron chi connectivity index (χ1n) is 7.41. The Kier molecular flexibility index (Phi) is 4.94. The standard InChI is InChI=1S/C16H25FN2/c1-3-12-9-10-19(11-12)16(15(18)4-2)13-7-5-6-8-14(13)17/h5-8,12,15-16H,3-4,9-11,18H2,1-2H3. The average molecular weight is 264 g/mol. The van der Waals surface area contributed by atoms with Crippen LogP contribution in [0.25, 0.3) is 0 Å². The maximum atomic E-state index is 14.1. The summed E-state index contributed by atoms with van der Waals surface area (Å²) < 4.78 is 14.1. The van der Waals surface area contributed by atoms with Crippen molar-refractivity contribution in [2.24, 2.45) is 11.7 Å². The molecule has 1 aliphatic heterocycles. The van der Waals surface area contributed by atoms with Crippen LogP contribution in [0.2, 0.25) is 0 Å². The van der Waals surface area contributed by atoms with Gasteiger partial charge in [0.05, 0.1) is 6.04 Å². The zero-order valence-electron chi connectivity index (χ0n) is 12.0. The van der Waals surface area contributed by atoms with Gasteiger partial charge < -0.3 is 5.73 Å². The van der Waals surface area contributed by atoms with Gasteiger partial charge >= 0.3 is 0 Å². The number of nitrogens with zero attached hydrogens (tertiary/aromatic N) is 1. The zero-order chi connectivity index (χ0) is 13.8. The van der Waals surface area contributed by atoms with E-state index in [9.17, 15) is 4.39 Å². The molecule has 0 spiro atoms. The Balaban J connectivity index is 2.25. The molecule has 0 radical (unpaired) electrons. The Morgan fingerprint density at radius 2 is 2.11 bits per heavy atom. The Hall–Kier alpha value is -0.930. The average Bonchev–Trinajstić information content (AvgIpc) is 2.89. The Morgan fingerprint density at radius 1 is 1.37 bits per heavy atom. The van der Waals surface area contributed by atoms with Crippen LogP contribution in [-0.4, -0.2) is 24.0 Å². The van der Waals surface area contributed by atoms with Gasteiger partial charge in [-0.1, -0.05) is 38.5 Å². The van der Waals surface area contributed by atoms with E-state index in [4.69, 9.17) is 5.73 Å². The quantitative estimate of drug-likeness (QED) is 0.884. The van der Waals surface area contributed by atoms with Gasteiger partial charge in [0.1, 0.15) is 5.82 Å². The molecule has 1 aromatic carbocycles. The van der Waals surface area contributed by atoms with Crippen molar-refractivity contribution in [3.63, 3.8) is 0 Å². The second kappa shape index (κ2) is 6.49. The molecule has 3 unspecified atom stereocenters. The van der Waals surface area contributed by atoms with Crippen molar-refractivity contribution >= 4 is 0 Å². The Bertz CT molecular complexity index is 407. The molecular weight excluding hydrogens is 239 g/mol. The maximum Gasteiger partial charge on any atom is 0.128 e. The summed E-state index contributed by atoms with van der Waals surface area (Å²) in [5.41, 5.74) is 7.03. The summed E-state index contributed by atoms with van der Waals surface area (Å²) in [5.74, 6) is 0.606. The molecule has 1 aromatic rings. The summed E-state index contributed by atoms with van der Waals surface area (Å²) in [5, 5.41) is 0. The lowest BCUT2D eigenvalue weighted by atomic mass is 9.96. The minimum atomic E-state index is -0.128. The van der Waals surface area contributed by atoms with E-state index < -0.39 is 0 Å². The second-order valence-corrected chi connectivity index (χ2v) is 5.60. The lowest BCUT2D eigenvalue weighted by molar-refractivity contribution is 0.197. The van der Waals surface area contributed by atoms with Crippen molar-refractivity contribution in [2.75, 3.05) is 13.1 Å². The van der Waals surface area contributed by atoms with Crippen LogP contribution in [0.3, 0.4) is 0 Å². The van der Waals surface area contributed by atoms with Gasteiger partial charge in [-0.25, -0.2) is 4.39 Å². The van der Waals surface area contributed by atoms with E-state index in [1.54, 1.807) is 6.07 Å². The van der Waals surface area contributed by atoms with Crippen LogP contribution < -0.4 is 5.73 Å². The largest absolute Gasteiger partial charge is 0.326 e. The van der Waals surface area contributed by atoms with Gasteiger partial charge in [0.2, 0.25) is 0 Å². The SMILES string of the molecule is CCC1CCN(C(c2ccccc2F)C(N)CC)C1. The molecule has 3 atom stereocenters. The van der Waals surface area contributed by atoms with E-state index in [2.05, 4.69) is 18.7 Å². The highest BCUT2D eigenvalue weighted by Gasteiger charge is 2.32. The van der Waals surface area contributed by atoms with Crippen molar-refractivity contribution in [1.29, 1.82) is 0 Å². The van der Waals surface area contributed by atoms with E-state index in [1.807, 2.05) is 12.1 Å². The number of hydrogen-bond donors (Lipinski definition) is 1. The smallest absolute Gasteiger partial charge is 0.128 e. The monoisotopic (exact) mass is 264 g/mol. The highest BCUT2D eigenvalue weighted by molar-refractivity contribution is 5.23. The summed E-state index contributed by atoms with van der Waals surface area (Å²) in [6, 6.07) is 7.08. The highest BCUT2D eigenvalue weighted by Crippen LogP contribution is 2.32. The van der Waals surface area contributed by atoms with Gasteiger partial charge in [0.15, 0.2) is 0 Å². The van der Waals surface area contributed by atoms with Crippen LogP contribution in [0.5, 0.6) is 0 Å². The third-order valence-electron chi connectivity index (χ3n) is 4.39. The molecule has 0 saturated carbocycles. The van der Waals surface area contributed by atoms with E-state index in [1.165, 1.54) is 18.9 Å². The van der Waals surface area contributed by atoms with Crippen molar-refractivity contribution in [2.45, 2.75) is 45.2 Å². The molecule has 1 saturated heterocycles. The van der Waals surface area contributed by atoms with E-state index in [-0.39, 0.29) is 17.9 Å². The van der Waals surface area contributed by atoms with Crippen LogP contribution in [0, 0.1) is 11.7 Å². The molecule has 1 heterocycles. The van der Waals surface area contributed by atoms with Gasteiger partial charge in [0.25, 0.3) is 0 Å². The fraction of sp³-hybridized carbons (Fsp3) is 0.625. The third-order valence-corrected chi connectivity index (χ3v) is 4.39. The Morgan fingerprint density at radius 3 is 2.68 bits per heavy atom. The minimum Gasteiger partial charge on any atom is -0.326 e. The van der Waals surface area contributed by atoms with Crippen molar-refractivity contribution in [3.05, 3.63) is 35.6 Å².